The summed E-state index contributed by atoms with van der Waals surface area (Å²) in [5.41, 5.74) is 0. The quantitative estimate of drug-likeness (QED) is 0.681. The summed E-state index contributed by atoms with van der Waals surface area (Å²) in [4.78, 5) is 22.5. The molecular formula is C12H22N2O4. The molecule has 0 aromatic rings. The van der Waals surface area contributed by atoms with Gasteiger partial charge in [-0.3, -0.25) is 0 Å². The second kappa shape index (κ2) is 6.58. The van der Waals surface area contributed by atoms with Crippen molar-refractivity contribution in [2.45, 2.75) is 39.3 Å². The van der Waals surface area contributed by atoms with E-state index in [1.165, 1.54) is 0 Å². The number of carbonyl (C=O) groups excluding carboxylic acids is 1. The van der Waals surface area contributed by atoms with E-state index < -0.39 is 18.0 Å². The van der Waals surface area contributed by atoms with E-state index in [2.05, 4.69) is 10.6 Å². The first-order valence-corrected chi connectivity index (χ1v) is 6.30. The molecule has 3 N–H and O–H groups in total. The van der Waals surface area contributed by atoms with Crippen LogP contribution < -0.4 is 10.6 Å². The first-order chi connectivity index (χ1) is 8.41. The van der Waals surface area contributed by atoms with Crippen molar-refractivity contribution in [2.75, 3.05) is 13.2 Å². The van der Waals surface area contributed by atoms with Crippen LogP contribution in [0.3, 0.4) is 0 Å². The number of ether oxygens (including phenoxy) is 1. The standard InChI is InChI=1S/C12H22N2O4/c1-7(2)10(11(15)16)14-12(17)13-6-9-4-5-18-8(9)3/h7-10H,4-6H2,1-3H3,(H,15,16)(H2,13,14,17)/t8?,9?,10-/m0/s1. The van der Waals surface area contributed by atoms with Crippen molar-refractivity contribution in [1.29, 1.82) is 0 Å². The smallest absolute Gasteiger partial charge is 0.326 e. The van der Waals surface area contributed by atoms with E-state index >= 15 is 0 Å². The maximum Gasteiger partial charge on any atom is 0.326 e. The molecule has 0 radical (unpaired) electrons. The fourth-order valence-corrected chi connectivity index (χ4v) is 1.97. The van der Waals surface area contributed by atoms with E-state index in [0.717, 1.165) is 13.0 Å². The van der Waals surface area contributed by atoms with Gasteiger partial charge in [0, 0.05) is 19.1 Å². The molecule has 0 aliphatic carbocycles. The molecule has 1 aliphatic rings. The Bertz CT molecular complexity index is 306. The summed E-state index contributed by atoms with van der Waals surface area (Å²) >= 11 is 0. The van der Waals surface area contributed by atoms with Crippen LogP contribution in [0, 0.1) is 11.8 Å². The van der Waals surface area contributed by atoms with Crippen molar-refractivity contribution < 1.29 is 19.4 Å². The third-order valence-corrected chi connectivity index (χ3v) is 3.28. The maximum atomic E-state index is 11.6. The molecular weight excluding hydrogens is 236 g/mol. The number of hydrogen-bond donors (Lipinski definition) is 3. The zero-order chi connectivity index (χ0) is 13.7. The molecule has 2 amide bonds. The number of urea groups is 1. The number of hydrogen-bond acceptors (Lipinski definition) is 3. The lowest BCUT2D eigenvalue weighted by Gasteiger charge is -2.20. The molecule has 3 atom stereocenters. The molecule has 0 bridgehead atoms. The van der Waals surface area contributed by atoms with Crippen LogP contribution >= 0.6 is 0 Å². The molecule has 0 saturated carbocycles. The maximum absolute atomic E-state index is 11.6. The van der Waals surface area contributed by atoms with Crippen molar-refractivity contribution >= 4 is 12.0 Å². The number of aliphatic carboxylic acids is 1. The Kier molecular flexibility index (Phi) is 5.40. The summed E-state index contributed by atoms with van der Waals surface area (Å²) in [5, 5.41) is 14.1. The van der Waals surface area contributed by atoms with Crippen LogP contribution in [0.15, 0.2) is 0 Å². The number of rotatable bonds is 5. The molecule has 18 heavy (non-hydrogen) atoms. The Morgan fingerprint density at radius 2 is 2.11 bits per heavy atom. The van der Waals surface area contributed by atoms with E-state index in [4.69, 9.17) is 9.84 Å². The summed E-state index contributed by atoms with van der Waals surface area (Å²) in [7, 11) is 0. The summed E-state index contributed by atoms with van der Waals surface area (Å²) in [6, 6.07) is -1.29. The Morgan fingerprint density at radius 1 is 1.44 bits per heavy atom. The Hall–Kier alpha value is -1.30. The lowest BCUT2D eigenvalue weighted by molar-refractivity contribution is -0.140. The van der Waals surface area contributed by atoms with Gasteiger partial charge in [0.2, 0.25) is 0 Å². The van der Waals surface area contributed by atoms with Gasteiger partial charge in [-0.1, -0.05) is 13.8 Å². The molecule has 1 aliphatic heterocycles. The minimum absolute atomic E-state index is 0.144. The van der Waals surface area contributed by atoms with Gasteiger partial charge in [0.05, 0.1) is 6.10 Å². The van der Waals surface area contributed by atoms with E-state index in [1.54, 1.807) is 13.8 Å². The van der Waals surface area contributed by atoms with Gasteiger partial charge in [-0.05, 0) is 19.3 Å². The van der Waals surface area contributed by atoms with Gasteiger partial charge >= 0.3 is 12.0 Å². The predicted molar refractivity (Wildman–Crippen MR) is 66.3 cm³/mol. The van der Waals surface area contributed by atoms with E-state index in [9.17, 15) is 9.59 Å². The molecule has 1 rings (SSSR count). The molecule has 104 valence electrons. The zero-order valence-electron chi connectivity index (χ0n) is 11.1. The molecule has 0 spiro atoms. The van der Waals surface area contributed by atoms with Crippen LogP contribution in [0.1, 0.15) is 27.2 Å². The topological polar surface area (TPSA) is 87.7 Å². The number of carboxylic acids is 1. The molecule has 0 aromatic carbocycles. The van der Waals surface area contributed by atoms with Crippen molar-refractivity contribution in [3.05, 3.63) is 0 Å². The number of carboxylic acid groups (broad SMARTS) is 1. The van der Waals surface area contributed by atoms with Crippen LogP contribution in [0.5, 0.6) is 0 Å². The third kappa shape index (κ3) is 4.18. The normalized spacial score (nSPS) is 24.9. The van der Waals surface area contributed by atoms with E-state index in [0.29, 0.717) is 12.5 Å². The first kappa shape index (κ1) is 14.8. The largest absolute Gasteiger partial charge is 0.480 e. The minimum atomic E-state index is -1.02. The fourth-order valence-electron chi connectivity index (χ4n) is 1.97. The second-order valence-electron chi connectivity index (χ2n) is 5.04. The molecule has 1 saturated heterocycles. The zero-order valence-corrected chi connectivity index (χ0v) is 11.1. The fraction of sp³-hybridized carbons (Fsp3) is 0.833. The van der Waals surface area contributed by atoms with Gasteiger partial charge in [0.25, 0.3) is 0 Å². The van der Waals surface area contributed by atoms with Crippen LogP contribution in [-0.4, -0.2) is 42.4 Å². The van der Waals surface area contributed by atoms with Gasteiger partial charge in [-0.25, -0.2) is 9.59 Å². The molecule has 1 fully saturated rings. The highest BCUT2D eigenvalue weighted by Crippen LogP contribution is 2.19. The van der Waals surface area contributed by atoms with Gasteiger partial charge in [-0.2, -0.15) is 0 Å². The summed E-state index contributed by atoms with van der Waals surface area (Å²) in [6.45, 7) is 6.72. The van der Waals surface area contributed by atoms with Gasteiger partial charge in [0.15, 0.2) is 0 Å². The highest BCUT2D eigenvalue weighted by Gasteiger charge is 2.26. The SMILES string of the molecule is CC1OCCC1CNC(=O)N[C@H](C(=O)O)C(C)C. The predicted octanol–water partition coefficient (Wildman–Crippen LogP) is 0.820. The van der Waals surface area contributed by atoms with Crippen LogP contribution in [0.25, 0.3) is 0 Å². The summed E-state index contributed by atoms with van der Waals surface area (Å²) in [6.07, 6.45) is 1.07. The highest BCUT2D eigenvalue weighted by molar-refractivity contribution is 5.82. The second-order valence-corrected chi connectivity index (χ2v) is 5.04. The number of amides is 2. The van der Waals surface area contributed by atoms with Crippen LogP contribution in [-0.2, 0) is 9.53 Å². The van der Waals surface area contributed by atoms with E-state index in [-0.39, 0.29) is 12.0 Å². The molecule has 2 unspecified atom stereocenters. The number of nitrogens with one attached hydrogen (secondary N) is 2. The minimum Gasteiger partial charge on any atom is -0.480 e. The van der Waals surface area contributed by atoms with E-state index in [1.807, 2.05) is 6.92 Å². The van der Waals surface area contributed by atoms with Gasteiger partial charge in [-0.15, -0.1) is 0 Å². The molecule has 1 heterocycles. The van der Waals surface area contributed by atoms with Crippen molar-refractivity contribution in [3.63, 3.8) is 0 Å². The molecule has 6 nitrogen and oxygen atoms in total. The van der Waals surface area contributed by atoms with Crippen molar-refractivity contribution in [3.8, 4) is 0 Å². The summed E-state index contributed by atoms with van der Waals surface area (Å²) < 4.78 is 5.39. The lowest BCUT2D eigenvalue weighted by Crippen LogP contribution is -2.49. The van der Waals surface area contributed by atoms with Gasteiger partial charge < -0.3 is 20.5 Å². The highest BCUT2D eigenvalue weighted by atomic mass is 16.5. The number of carbonyl (C=O) groups is 2. The lowest BCUT2D eigenvalue weighted by atomic mass is 10.0. The Balaban J connectivity index is 2.34. The van der Waals surface area contributed by atoms with Crippen LogP contribution in [0.4, 0.5) is 4.79 Å². The summed E-state index contributed by atoms with van der Waals surface area (Å²) in [5.74, 6) is -0.863. The molecule has 0 aromatic heterocycles. The average Bonchev–Trinajstić information content (AvgIpc) is 2.68. The monoisotopic (exact) mass is 258 g/mol. The average molecular weight is 258 g/mol. The first-order valence-electron chi connectivity index (χ1n) is 6.30. The third-order valence-electron chi connectivity index (χ3n) is 3.28. The Morgan fingerprint density at radius 3 is 2.56 bits per heavy atom. The van der Waals surface area contributed by atoms with Gasteiger partial charge in [0.1, 0.15) is 6.04 Å². The van der Waals surface area contributed by atoms with Crippen molar-refractivity contribution in [1.82, 2.24) is 10.6 Å². The van der Waals surface area contributed by atoms with Crippen molar-refractivity contribution in [2.24, 2.45) is 11.8 Å². The Labute approximate surface area is 107 Å². The molecule has 6 heteroatoms. The van der Waals surface area contributed by atoms with Crippen LogP contribution in [0.2, 0.25) is 0 Å².